The highest BCUT2D eigenvalue weighted by Crippen LogP contribution is 2.45. The van der Waals surface area contributed by atoms with Gasteiger partial charge in [-0.1, -0.05) is 13.8 Å². The number of rotatable bonds is 4. The van der Waals surface area contributed by atoms with Gasteiger partial charge < -0.3 is 4.79 Å². The number of aromatic nitrogens is 2. The average molecular weight is 192 g/mol. The second-order valence-corrected chi connectivity index (χ2v) is 4.59. The Labute approximate surface area is 84.1 Å². The van der Waals surface area contributed by atoms with Crippen LogP contribution in [0.4, 0.5) is 0 Å². The number of carbonyl (C=O) groups is 1. The lowest BCUT2D eigenvalue weighted by atomic mass is 10.1. The third-order valence-electron chi connectivity index (χ3n) is 2.72. The largest absolute Gasteiger partial charge is 0.302 e. The van der Waals surface area contributed by atoms with E-state index in [9.17, 15) is 4.79 Å². The first-order valence-corrected chi connectivity index (χ1v) is 5.16. The van der Waals surface area contributed by atoms with E-state index in [1.807, 2.05) is 16.9 Å². The third kappa shape index (κ3) is 1.59. The summed E-state index contributed by atoms with van der Waals surface area (Å²) in [6.07, 6.45) is 4.96. The summed E-state index contributed by atoms with van der Waals surface area (Å²) < 4.78 is 1.93. The Kier molecular flexibility index (Phi) is 2.17. The molecule has 0 unspecified atom stereocenters. The highest BCUT2D eigenvalue weighted by atomic mass is 16.1. The standard InChI is InChI=1S/C11H16N2O/c1-9(2)7-13-6-3-10(12-13)11(8-14)4-5-11/h3,6,8-9H,4-5,7H2,1-2H3. The molecule has 3 nitrogen and oxygen atoms in total. The van der Waals surface area contributed by atoms with Crippen LogP contribution in [-0.4, -0.2) is 16.1 Å². The van der Waals surface area contributed by atoms with Gasteiger partial charge in [-0.15, -0.1) is 0 Å². The molecule has 2 rings (SSSR count). The van der Waals surface area contributed by atoms with Crippen LogP contribution in [0.3, 0.4) is 0 Å². The van der Waals surface area contributed by atoms with Crippen LogP contribution in [0.1, 0.15) is 32.4 Å². The highest BCUT2D eigenvalue weighted by molar-refractivity contribution is 5.71. The lowest BCUT2D eigenvalue weighted by Crippen LogP contribution is -2.11. The Morgan fingerprint density at radius 1 is 1.64 bits per heavy atom. The van der Waals surface area contributed by atoms with E-state index in [2.05, 4.69) is 18.9 Å². The van der Waals surface area contributed by atoms with Crippen molar-refractivity contribution in [1.29, 1.82) is 0 Å². The zero-order chi connectivity index (χ0) is 10.2. The van der Waals surface area contributed by atoms with Crippen LogP contribution in [0.25, 0.3) is 0 Å². The van der Waals surface area contributed by atoms with Gasteiger partial charge in [-0.3, -0.25) is 4.68 Å². The van der Waals surface area contributed by atoms with E-state index in [1.54, 1.807) is 0 Å². The number of hydrogen-bond acceptors (Lipinski definition) is 2. The predicted octanol–water partition coefficient (Wildman–Crippen LogP) is 1.77. The SMILES string of the molecule is CC(C)Cn1ccc(C2(C=O)CC2)n1. The van der Waals surface area contributed by atoms with Gasteiger partial charge in [0.15, 0.2) is 0 Å². The average Bonchev–Trinajstić information content (AvgIpc) is 2.81. The first-order chi connectivity index (χ1) is 6.66. The van der Waals surface area contributed by atoms with Gasteiger partial charge in [0.1, 0.15) is 6.29 Å². The molecule has 1 aromatic heterocycles. The number of carbonyl (C=O) groups excluding carboxylic acids is 1. The predicted molar refractivity (Wildman–Crippen MR) is 54.0 cm³/mol. The molecule has 0 spiro atoms. The topological polar surface area (TPSA) is 34.9 Å². The molecule has 1 heterocycles. The molecule has 0 saturated heterocycles. The van der Waals surface area contributed by atoms with E-state index in [-0.39, 0.29) is 5.41 Å². The lowest BCUT2D eigenvalue weighted by molar-refractivity contribution is -0.109. The zero-order valence-electron chi connectivity index (χ0n) is 8.73. The van der Waals surface area contributed by atoms with Gasteiger partial charge in [0, 0.05) is 12.7 Å². The van der Waals surface area contributed by atoms with Crippen LogP contribution in [-0.2, 0) is 16.8 Å². The molecule has 0 aliphatic heterocycles. The maximum absolute atomic E-state index is 10.9. The normalized spacial score (nSPS) is 18.5. The minimum absolute atomic E-state index is 0.220. The lowest BCUT2D eigenvalue weighted by Gasteiger charge is -2.05. The summed E-state index contributed by atoms with van der Waals surface area (Å²) in [6.45, 7) is 5.25. The van der Waals surface area contributed by atoms with Crippen LogP contribution < -0.4 is 0 Å². The van der Waals surface area contributed by atoms with E-state index in [0.29, 0.717) is 5.92 Å². The summed E-state index contributed by atoms with van der Waals surface area (Å²) in [5.74, 6) is 0.592. The van der Waals surface area contributed by atoms with Crippen molar-refractivity contribution in [3.05, 3.63) is 18.0 Å². The van der Waals surface area contributed by atoms with E-state index < -0.39 is 0 Å². The van der Waals surface area contributed by atoms with E-state index in [0.717, 1.165) is 31.4 Å². The second kappa shape index (κ2) is 3.23. The molecule has 3 heteroatoms. The fourth-order valence-corrected chi connectivity index (χ4v) is 1.67. The molecular weight excluding hydrogens is 176 g/mol. The van der Waals surface area contributed by atoms with Gasteiger partial charge in [0.25, 0.3) is 0 Å². The monoisotopic (exact) mass is 192 g/mol. The molecule has 0 aromatic carbocycles. The first kappa shape index (κ1) is 9.44. The maximum Gasteiger partial charge on any atom is 0.132 e. The zero-order valence-corrected chi connectivity index (χ0v) is 8.73. The van der Waals surface area contributed by atoms with Crippen molar-refractivity contribution >= 4 is 6.29 Å². The van der Waals surface area contributed by atoms with Gasteiger partial charge >= 0.3 is 0 Å². The number of aldehydes is 1. The van der Waals surface area contributed by atoms with Gasteiger partial charge in [-0.2, -0.15) is 5.10 Å². The molecule has 1 aliphatic rings. The number of nitrogens with zero attached hydrogens (tertiary/aromatic N) is 2. The highest BCUT2D eigenvalue weighted by Gasteiger charge is 2.46. The smallest absolute Gasteiger partial charge is 0.132 e. The van der Waals surface area contributed by atoms with Crippen LogP contribution in [0, 0.1) is 5.92 Å². The van der Waals surface area contributed by atoms with Crippen molar-refractivity contribution in [2.45, 2.75) is 38.6 Å². The molecule has 0 N–H and O–H groups in total. The minimum atomic E-state index is -0.220. The quantitative estimate of drug-likeness (QED) is 0.681. The molecular formula is C11H16N2O. The van der Waals surface area contributed by atoms with E-state index in [4.69, 9.17) is 0 Å². The van der Waals surface area contributed by atoms with Crippen molar-refractivity contribution in [1.82, 2.24) is 9.78 Å². The molecule has 1 aliphatic carbocycles. The second-order valence-electron chi connectivity index (χ2n) is 4.59. The molecule has 1 aromatic rings. The Hall–Kier alpha value is -1.12. The summed E-state index contributed by atoms with van der Waals surface area (Å²) in [6, 6.07) is 1.98. The summed E-state index contributed by atoms with van der Waals surface area (Å²) in [7, 11) is 0. The third-order valence-corrected chi connectivity index (χ3v) is 2.72. The van der Waals surface area contributed by atoms with Crippen molar-refractivity contribution in [3.63, 3.8) is 0 Å². The Morgan fingerprint density at radius 2 is 2.36 bits per heavy atom. The minimum Gasteiger partial charge on any atom is -0.302 e. The summed E-state index contributed by atoms with van der Waals surface area (Å²) in [5.41, 5.74) is 0.732. The van der Waals surface area contributed by atoms with Crippen LogP contribution in [0.5, 0.6) is 0 Å². The van der Waals surface area contributed by atoms with Crippen LogP contribution >= 0.6 is 0 Å². The Bertz CT molecular complexity index is 337. The van der Waals surface area contributed by atoms with Crippen molar-refractivity contribution < 1.29 is 4.79 Å². The van der Waals surface area contributed by atoms with E-state index in [1.165, 1.54) is 0 Å². The number of hydrogen-bond donors (Lipinski definition) is 0. The molecule has 1 saturated carbocycles. The van der Waals surface area contributed by atoms with Gasteiger partial charge in [-0.05, 0) is 24.8 Å². The fourth-order valence-electron chi connectivity index (χ4n) is 1.67. The molecule has 14 heavy (non-hydrogen) atoms. The van der Waals surface area contributed by atoms with Gasteiger partial charge in [0.2, 0.25) is 0 Å². The molecule has 0 bridgehead atoms. The molecule has 0 atom stereocenters. The van der Waals surface area contributed by atoms with Crippen LogP contribution in [0.15, 0.2) is 12.3 Å². The van der Waals surface area contributed by atoms with Gasteiger partial charge in [-0.25, -0.2) is 0 Å². The molecule has 0 radical (unpaired) electrons. The summed E-state index contributed by atoms with van der Waals surface area (Å²) in [4.78, 5) is 10.9. The summed E-state index contributed by atoms with van der Waals surface area (Å²) >= 11 is 0. The first-order valence-electron chi connectivity index (χ1n) is 5.16. The van der Waals surface area contributed by atoms with Gasteiger partial charge in [0.05, 0.1) is 11.1 Å². The maximum atomic E-state index is 10.9. The Balaban J connectivity index is 2.14. The summed E-state index contributed by atoms with van der Waals surface area (Å²) in [5, 5.41) is 4.44. The molecule has 0 amide bonds. The van der Waals surface area contributed by atoms with Crippen molar-refractivity contribution in [3.8, 4) is 0 Å². The fraction of sp³-hybridized carbons (Fsp3) is 0.636. The Morgan fingerprint density at radius 3 is 2.86 bits per heavy atom. The molecule has 76 valence electrons. The van der Waals surface area contributed by atoms with Crippen LogP contribution in [0.2, 0.25) is 0 Å². The van der Waals surface area contributed by atoms with E-state index >= 15 is 0 Å². The van der Waals surface area contributed by atoms with Crippen molar-refractivity contribution in [2.75, 3.05) is 0 Å². The van der Waals surface area contributed by atoms with Crippen molar-refractivity contribution in [2.24, 2.45) is 5.92 Å². The molecule has 1 fully saturated rings.